The Morgan fingerprint density at radius 3 is 2.42 bits per heavy atom. The van der Waals surface area contributed by atoms with Crippen molar-refractivity contribution in [2.24, 2.45) is 0 Å². The first kappa shape index (κ1) is 25.2. The molecule has 3 nitrogen and oxygen atoms in total. The Hall–Kier alpha value is -0.800. The minimum absolute atomic E-state index is 0.151. The van der Waals surface area contributed by atoms with E-state index in [1.54, 1.807) is 0 Å². The van der Waals surface area contributed by atoms with Gasteiger partial charge in [-0.1, -0.05) is 70.6 Å². The van der Waals surface area contributed by atoms with E-state index in [1.165, 1.54) is 44.9 Å². The number of ether oxygens (including phenoxy) is 1. The zero-order valence-corrected chi connectivity index (χ0v) is 17.3. The standard InChI is InChI=1S/C23H44O3/c1-3-4-5-13-18-23(25)19-14-11-9-7-6-8-10-12-17-22(2)26-21-16-15-20-24/h11,14,23-25H,2-10,12-13,15-21H2,1H3/b14-11+. The van der Waals surface area contributed by atoms with Crippen LogP contribution in [0.15, 0.2) is 24.5 Å². The number of allylic oxidation sites excluding steroid dienone is 2. The van der Waals surface area contributed by atoms with Crippen LogP contribution in [0.1, 0.15) is 103 Å². The number of rotatable bonds is 20. The highest BCUT2D eigenvalue weighted by molar-refractivity contribution is 4.84. The molecule has 0 saturated heterocycles. The van der Waals surface area contributed by atoms with E-state index >= 15 is 0 Å². The van der Waals surface area contributed by atoms with Gasteiger partial charge in [-0.15, -0.1) is 0 Å². The molecule has 0 spiro atoms. The molecule has 0 fully saturated rings. The van der Waals surface area contributed by atoms with Gasteiger partial charge in [-0.25, -0.2) is 0 Å². The predicted octanol–water partition coefficient (Wildman–Crippen LogP) is 6.30. The van der Waals surface area contributed by atoms with Crippen molar-refractivity contribution in [2.75, 3.05) is 13.2 Å². The molecule has 26 heavy (non-hydrogen) atoms. The van der Waals surface area contributed by atoms with E-state index in [2.05, 4.69) is 25.7 Å². The maximum atomic E-state index is 9.89. The molecule has 3 heteroatoms. The van der Waals surface area contributed by atoms with E-state index in [-0.39, 0.29) is 12.7 Å². The van der Waals surface area contributed by atoms with Crippen molar-refractivity contribution in [3.05, 3.63) is 24.5 Å². The van der Waals surface area contributed by atoms with Gasteiger partial charge in [0.25, 0.3) is 0 Å². The first-order valence-corrected chi connectivity index (χ1v) is 10.9. The number of hydrogen-bond acceptors (Lipinski definition) is 3. The second kappa shape index (κ2) is 20.5. The van der Waals surface area contributed by atoms with Crippen LogP contribution in [-0.2, 0) is 4.74 Å². The first-order chi connectivity index (χ1) is 12.7. The largest absolute Gasteiger partial charge is 0.499 e. The van der Waals surface area contributed by atoms with Gasteiger partial charge in [-0.05, 0) is 44.9 Å². The monoisotopic (exact) mass is 368 g/mol. The molecule has 0 aliphatic carbocycles. The number of aliphatic hydroxyl groups excluding tert-OH is 2. The van der Waals surface area contributed by atoms with Gasteiger partial charge in [-0.2, -0.15) is 0 Å². The van der Waals surface area contributed by atoms with Crippen LogP contribution in [0.4, 0.5) is 0 Å². The lowest BCUT2D eigenvalue weighted by Crippen LogP contribution is -2.04. The lowest BCUT2D eigenvalue weighted by Gasteiger charge is -2.08. The van der Waals surface area contributed by atoms with Crippen molar-refractivity contribution in [2.45, 2.75) is 109 Å². The van der Waals surface area contributed by atoms with Crippen LogP contribution in [0.3, 0.4) is 0 Å². The number of aliphatic hydroxyl groups is 2. The highest BCUT2D eigenvalue weighted by Gasteiger charge is 2.00. The summed E-state index contributed by atoms with van der Waals surface area (Å²) in [7, 11) is 0. The van der Waals surface area contributed by atoms with Gasteiger partial charge in [-0.3, -0.25) is 0 Å². The highest BCUT2D eigenvalue weighted by Crippen LogP contribution is 2.13. The minimum Gasteiger partial charge on any atom is -0.499 e. The third kappa shape index (κ3) is 19.5. The maximum absolute atomic E-state index is 9.89. The molecule has 0 aliphatic rings. The molecule has 0 aliphatic heterocycles. The molecule has 0 aromatic carbocycles. The van der Waals surface area contributed by atoms with Crippen molar-refractivity contribution in [1.82, 2.24) is 0 Å². The van der Waals surface area contributed by atoms with Crippen molar-refractivity contribution in [3.63, 3.8) is 0 Å². The van der Waals surface area contributed by atoms with E-state index in [0.717, 1.165) is 57.1 Å². The fraction of sp³-hybridized carbons (Fsp3) is 0.826. The summed E-state index contributed by atoms with van der Waals surface area (Å²) in [6.07, 6.45) is 20.9. The SMILES string of the molecule is C=C(CCCCCCC/C=C/CC(O)CCCCCC)OCCCCO. The van der Waals surface area contributed by atoms with E-state index in [0.29, 0.717) is 6.61 Å². The lowest BCUT2D eigenvalue weighted by molar-refractivity contribution is 0.163. The maximum Gasteiger partial charge on any atom is 0.0888 e. The van der Waals surface area contributed by atoms with Gasteiger partial charge in [0.05, 0.1) is 18.5 Å². The van der Waals surface area contributed by atoms with Crippen LogP contribution in [0.2, 0.25) is 0 Å². The molecule has 0 aromatic rings. The van der Waals surface area contributed by atoms with E-state index < -0.39 is 0 Å². The molecular weight excluding hydrogens is 324 g/mol. The molecule has 0 amide bonds. The molecule has 0 heterocycles. The smallest absolute Gasteiger partial charge is 0.0888 e. The topological polar surface area (TPSA) is 49.7 Å². The molecule has 0 aromatic heterocycles. The molecule has 0 bridgehead atoms. The summed E-state index contributed by atoms with van der Waals surface area (Å²) in [5, 5.41) is 18.6. The normalized spacial score (nSPS) is 12.6. The Labute approximate surface area is 162 Å². The highest BCUT2D eigenvalue weighted by atomic mass is 16.5. The molecular formula is C23H44O3. The average Bonchev–Trinajstić information content (AvgIpc) is 2.64. The Morgan fingerprint density at radius 1 is 0.923 bits per heavy atom. The second-order valence-electron chi connectivity index (χ2n) is 7.33. The third-order valence-electron chi connectivity index (χ3n) is 4.65. The average molecular weight is 369 g/mol. The molecule has 1 atom stereocenters. The first-order valence-electron chi connectivity index (χ1n) is 10.9. The Bertz CT molecular complexity index is 325. The third-order valence-corrected chi connectivity index (χ3v) is 4.65. The Morgan fingerprint density at radius 2 is 1.65 bits per heavy atom. The van der Waals surface area contributed by atoms with Crippen LogP contribution in [0.5, 0.6) is 0 Å². The van der Waals surface area contributed by atoms with E-state index in [4.69, 9.17) is 9.84 Å². The lowest BCUT2D eigenvalue weighted by atomic mass is 10.1. The van der Waals surface area contributed by atoms with Crippen molar-refractivity contribution < 1.29 is 14.9 Å². The zero-order valence-electron chi connectivity index (χ0n) is 17.3. The molecule has 0 saturated carbocycles. The quantitative estimate of drug-likeness (QED) is 0.151. The van der Waals surface area contributed by atoms with Crippen LogP contribution in [0, 0.1) is 0 Å². The predicted molar refractivity (Wildman–Crippen MR) is 112 cm³/mol. The second-order valence-corrected chi connectivity index (χ2v) is 7.33. The fourth-order valence-corrected chi connectivity index (χ4v) is 2.91. The van der Waals surface area contributed by atoms with Crippen molar-refractivity contribution in [3.8, 4) is 0 Å². The summed E-state index contributed by atoms with van der Waals surface area (Å²) in [5.41, 5.74) is 0. The summed E-state index contributed by atoms with van der Waals surface area (Å²) in [4.78, 5) is 0. The van der Waals surface area contributed by atoms with E-state index in [9.17, 15) is 5.11 Å². The molecule has 154 valence electrons. The number of hydrogen-bond donors (Lipinski definition) is 2. The van der Waals surface area contributed by atoms with Gasteiger partial charge in [0.15, 0.2) is 0 Å². The van der Waals surface area contributed by atoms with Gasteiger partial charge in [0.1, 0.15) is 0 Å². The molecule has 0 radical (unpaired) electrons. The van der Waals surface area contributed by atoms with Crippen LogP contribution in [0.25, 0.3) is 0 Å². The van der Waals surface area contributed by atoms with Gasteiger partial charge < -0.3 is 14.9 Å². The van der Waals surface area contributed by atoms with Crippen LogP contribution < -0.4 is 0 Å². The summed E-state index contributed by atoms with van der Waals surface area (Å²) in [6, 6.07) is 0. The minimum atomic E-state index is -0.151. The van der Waals surface area contributed by atoms with Gasteiger partial charge in [0, 0.05) is 13.0 Å². The fourth-order valence-electron chi connectivity index (χ4n) is 2.91. The molecule has 0 rings (SSSR count). The summed E-state index contributed by atoms with van der Waals surface area (Å²) in [6.45, 7) is 7.08. The van der Waals surface area contributed by atoms with Gasteiger partial charge in [0.2, 0.25) is 0 Å². The zero-order chi connectivity index (χ0) is 19.3. The van der Waals surface area contributed by atoms with E-state index in [1.807, 2.05) is 0 Å². The summed E-state index contributed by atoms with van der Waals surface area (Å²) >= 11 is 0. The van der Waals surface area contributed by atoms with Crippen molar-refractivity contribution in [1.29, 1.82) is 0 Å². The summed E-state index contributed by atoms with van der Waals surface area (Å²) in [5.74, 6) is 0.888. The van der Waals surface area contributed by atoms with Crippen molar-refractivity contribution >= 4 is 0 Å². The number of unbranched alkanes of at least 4 members (excludes halogenated alkanes) is 9. The summed E-state index contributed by atoms with van der Waals surface area (Å²) < 4.78 is 5.54. The molecule has 1 unspecified atom stereocenters. The van der Waals surface area contributed by atoms with Crippen LogP contribution in [-0.4, -0.2) is 29.5 Å². The van der Waals surface area contributed by atoms with Gasteiger partial charge >= 0.3 is 0 Å². The Kier molecular flexibility index (Phi) is 19.9. The van der Waals surface area contributed by atoms with Crippen LogP contribution >= 0.6 is 0 Å². The molecule has 2 N–H and O–H groups in total. The Balaban J connectivity index is 3.30.